The summed E-state index contributed by atoms with van der Waals surface area (Å²) >= 11 is 0. The van der Waals surface area contributed by atoms with Crippen LogP contribution >= 0.6 is 0 Å². The first-order valence-corrected chi connectivity index (χ1v) is 8.29. The maximum atomic E-state index is 12.4. The van der Waals surface area contributed by atoms with E-state index in [0.717, 1.165) is 18.5 Å². The molecule has 2 heterocycles. The Kier molecular flexibility index (Phi) is 3.59. The molecule has 1 aromatic heterocycles. The summed E-state index contributed by atoms with van der Waals surface area (Å²) in [5.74, 6) is -0.106. The molecule has 1 aromatic carbocycles. The molecule has 1 aliphatic heterocycles. The fraction of sp³-hybridized carbons (Fsp3) is 0.389. The molecule has 2 aliphatic rings. The molecule has 1 fully saturated rings. The fourth-order valence-electron chi connectivity index (χ4n) is 3.73. The Hall–Kier alpha value is -2.63. The van der Waals surface area contributed by atoms with E-state index in [2.05, 4.69) is 27.6 Å². The summed E-state index contributed by atoms with van der Waals surface area (Å²) < 4.78 is 0. The van der Waals surface area contributed by atoms with Crippen molar-refractivity contribution in [1.82, 2.24) is 20.4 Å². The highest BCUT2D eigenvalue weighted by atomic mass is 16.2. The Morgan fingerprint density at radius 3 is 2.58 bits per heavy atom. The van der Waals surface area contributed by atoms with Gasteiger partial charge in [0.05, 0.1) is 6.04 Å². The average molecular weight is 324 g/mol. The van der Waals surface area contributed by atoms with Crippen LogP contribution in [0.25, 0.3) is 0 Å². The molecule has 24 heavy (non-hydrogen) atoms. The minimum atomic E-state index is -0.228. The minimum Gasteiger partial charge on any atom is -0.346 e. The molecule has 0 radical (unpaired) electrons. The molecular weight excluding hydrogens is 304 g/mol. The number of amides is 2. The maximum absolute atomic E-state index is 12.4. The molecule has 4 rings (SSSR count). The van der Waals surface area contributed by atoms with Crippen LogP contribution in [-0.2, 0) is 17.6 Å². The van der Waals surface area contributed by atoms with Gasteiger partial charge in [-0.15, -0.1) is 0 Å². The molecule has 0 spiro atoms. The number of aromatic nitrogens is 2. The van der Waals surface area contributed by atoms with Gasteiger partial charge >= 0.3 is 0 Å². The Morgan fingerprint density at radius 2 is 1.96 bits per heavy atom. The third kappa shape index (κ3) is 2.68. The number of H-pyrrole nitrogens is 1. The molecule has 124 valence electrons. The van der Waals surface area contributed by atoms with Crippen molar-refractivity contribution in [3.8, 4) is 0 Å². The second-order valence-corrected chi connectivity index (χ2v) is 6.69. The number of nitrogens with zero attached hydrogens (tertiary/aromatic N) is 2. The number of hydrogen-bond donors (Lipinski definition) is 2. The van der Waals surface area contributed by atoms with Gasteiger partial charge in [0, 0.05) is 24.7 Å². The first kappa shape index (κ1) is 14.9. The number of hydrogen-bond acceptors (Lipinski definition) is 3. The first-order valence-electron chi connectivity index (χ1n) is 8.29. The lowest BCUT2D eigenvalue weighted by atomic mass is 10.1. The lowest BCUT2D eigenvalue weighted by molar-refractivity contribution is -0.129. The SMILES string of the molecule is Cc1cc(C(=O)N[C@H]2CC(=O)N(C3Cc4ccccc4C3)C2)n[nH]1. The van der Waals surface area contributed by atoms with Gasteiger partial charge in [0.25, 0.3) is 5.91 Å². The fourth-order valence-corrected chi connectivity index (χ4v) is 3.73. The summed E-state index contributed by atoms with van der Waals surface area (Å²) in [5, 5.41) is 9.65. The highest BCUT2D eigenvalue weighted by Crippen LogP contribution is 2.28. The monoisotopic (exact) mass is 324 g/mol. The van der Waals surface area contributed by atoms with Gasteiger partial charge in [0.2, 0.25) is 5.91 Å². The summed E-state index contributed by atoms with van der Waals surface area (Å²) in [6.07, 6.45) is 2.17. The third-order valence-electron chi connectivity index (χ3n) is 4.90. The molecular formula is C18H20N4O2. The topological polar surface area (TPSA) is 78.1 Å². The van der Waals surface area contributed by atoms with E-state index < -0.39 is 0 Å². The number of likely N-dealkylation sites (tertiary alicyclic amines) is 1. The van der Waals surface area contributed by atoms with Crippen molar-refractivity contribution in [1.29, 1.82) is 0 Å². The van der Waals surface area contributed by atoms with E-state index in [1.807, 2.05) is 24.0 Å². The summed E-state index contributed by atoms with van der Waals surface area (Å²) in [6.45, 7) is 2.43. The van der Waals surface area contributed by atoms with Crippen molar-refractivity contribution in [3.05, 3.63) is 52.8 Å². The van der Waals surface area contributed by atoms with E-state index in [9.17, 15) is 9.59 Å². The summed E-state index contributed by atoms with van der Waals surface area (Å²) in [4.78, 5) is 26.5. The second-order valence-electron chi connectivity index (χ2n) is 6.69. The van der Waals surface area contributed by atoms with Crippen LogP contribution in [0, 0.1) is 6.92 Å². The van der Waals surface area contributed by atoms with E-state index in [4.69, 9.17) is 0 Å². The number of benzene rings is 1. The summed E-state index contributed by atoms with van der Waals surface area (Å²) in [5.41, 5.74) is 3.87. The lowest BCUT2D eigenvalue weighted by Gasteiger charge is -2.24. The van der Waals surface area contributed by atoms with Crippen molar-refractivity contribution < 1.29 is 9.59 Å². The smallest absolute Gasteiger partial charge is 0.272 e. The zero-order chi connectivity index (χ0) is 16.7. The van der Waals surface area contributed by atoms with Crippen LogP contribution in [0.2, 0.25) is 0 Å². The largest absolute Gasteiger partial charge is 0.346 e. The van der Waals surface area contributed by atoms with Gasteiger partial charge in [-0.05, 0) is 37.0 Å². The second kappa shape index (κ2) is 5.78. The van der Waals surface area contributed by atoms with Crippen molar-refractivity contribution in [2.75, 3.05) is 6.54 Å². The summed E-state index contributed by atoms with van der Waals surface area (Å²) in [7, 11) is 0. The molecule has 0 bridgehead atoms. The van der Waals surface area contributed by atoms with E-state index in [1.54, 1.807) is 6.07 Å². The Bertz CT molecular complexity index is 773. The predicted octanol–water partition coefficient (Wildman–Crippen LogP) is 1.22. The van der Waals surface area contributed by atoms with Gasteiger partial charge in [-0.25, -0.2) is 0 Å². The number of aromatic amines is 1. The molecule has 1 aliphatic carbocycles. The standard InChI is InChI=1S/C18H20N4O2/c1-11-6-16(21-20-11)18(24)19-14-9-17(23)22(10-14)15-7-12-4-2-3-5-13(12)8-15/h2-6,14-15H,7-10H2,1H3,(H,19,24)(H,20,21)/t14-/m0/s1. The minimum absolute atomic E-state index is 0.122. The molecule has 6 heteroatoms. The van der Waals surface area contributed by atoms with E-state index in [0.29, 0.717) is 18.7 Å². The number of nitrogens with one attached hydrogen (secondary N) is 2. The molecule has 1 saturated heterocycles. The number of fused-ring (bicyclic) bond motifs is 1. The molecule has 2 amide bonds. The number of aryl methyl sites for hydroxylation is 1. The molecule has 1 atom stereocenters. The first-order chi connectivity index (χ1) is 11.6. The normalized spacial score (nSPS) is 20.5. The van der Waals surface area contributed by atoms with Crippen LogP contribution < -0.4 is 5.32 Å². The van der Waals surface area contributed by atoms with Crippen LogP contribution in [0.4, 0.5) is 0 Å². The van der Waals surface area contributed by atoms with Gasteiger partial charge in [-0.1, -0.05) is 24.3 Å². The predicted molar refractivity (Wildman–Crippen MR) is 88.5 cm³/mol. The van der Waals surface area contributed by atoms with Gasteiger partial charge in [0.15, 0.2) is 0 Å². The van der Waals surface area contributed by atoms with Crippen molar-refractivity contribution >= 4 is 11.8 Å². The van der Waals surface area contributed by atoms with Gasteiger partial charge < -0.3 is 10.2 Å². The van der Waals surface area contributed by atoms with E-state index in [-0.39, 0.29) is 23.9 Å². The molecule has 6 nitrogen and oxygen atoms in total. The van der Waals surface area contributed by atoms with E-state index >= 15 is 0 Å². The Morgan fingerprint density at radius 1 is 1.25 bits per heavy atom. The average Bonchev–Trinajstić information content (AvgIpc) is 3.25. The number of rotatable bonds is 3. The Balaban J connectivity index is 1.40. The van der Waals surface area contributed by atoms with E-state index in [1.165, 1.54) is 11.1 Å². The zero-order valence-electron chi connectivity index (χ0n) is 13.6. The summed E-state index contributed by atoms with van der Waals surface area (Å²) in [6, 6.07) is 10.1. The molecule has 0 saturated carbocycles. The highest BCUT2D eigenvalue weighted by Gasteiger charge is 2.37. The number of carbonyl (C=O) groups is 2. The van der Waals surface area contributed by atoms with Crippen LogP contribution in [0.15, 0.2) is 30.3 Å². The van der Waals surface area contributed by atoms with Crippen LogP contribution in [0.1, 0.15) is 33.7 Å². The van der Waals surface area contributed by atoms with Gasteiger partial charge in [-0.3, -0.25) is 14.7 Å². The Labute approximate surface area is 140 Å². The molecule has 0 unspecified atom stereocenters. The quantitative estimate of drug-likeness (QED) is 0.891. The van der Waals surface area contributed by atoms with Crippen molar-refractivity contribution in [2.24, 2.45) is 0 Å². The van der Waals surface area contributed by atoms with Crippen LogP contribution in [0.3, 0.4) is 0 Å². The van der Waals surface area contributed by atoms with Crippen LogP contribution in [-0.4, -0.2) is 45.5 Å². The van der Waals surface area contributed by atoms with Gasteiger partial charge in [0.1, 0.15) is 5.69 Å². The van der Waals surface area contributed by atoms with Gasteiger partial charge in [-0.2, -0.15) is 5.10 Å². The number of carbonyl (C=O) groups excluding carboxylic acids is 2. The maximum Gasteiger partial charge on any atom is 0.272 e. The van der Waals surface area contributed by atoms with Crippen LogP contribution in [0.5, 0.6) is 0 Å². The highest BCUT2D eigenvalue weighted by molar-refractivity contribution is 5.93. The lowest BCUT2D eigenvalue weighted by Crippen LogP contribution is -2.41. The van der Waals surface area contributed by atoms with Crippen molar-refractivity contribution in [2.45, 2.75) is 38.3 Å². The molecule has 2 aromatic rings. The third-order valence-corrected chi connectivity index (χ3v) is 4.90. The zero-order valence-corrected chi connectivity index (χ0v) is 13.6. The van der Waals surface area contributed by atoms with Crippen molar-refractivity contribution in [3.63, 3.8) is 0 Å². The molecule has 2 N–H and O–H groups in total.